The molecule has 1 fully saturated rings. The van der Waals surface area contributed by atoms with Gasteiger partial charge in [0.2, 0.25) is 6.79 Å². The van der Waals surface area contributed by atoms with Crippen molar-refractivity contribution >= 4 is 24.8 Å². The molecule has 0 amide bonds. The average molecular weight is 471 g/mol. The van der Waals surface area contributed by atoms with Crippen molar-refractivity contribution in [1.29, 1.82) is 0 Å². The second-order valence-electron chi connectivity index (χ2n) is 7.98. The highest BCUT2D eigenvalue weighted by molar-refractivity contribution is 5.85. The quantitative estimate of drug-likeness (QED) is 0.668. The summed E-state index contributed by atoms with van der Waals surface area (Å²) in [6, 6.07) is 12.2. The van der Waals surface area contributed by atoms with Gasteiger partial charge in [-0.3, -0.25) is 9.80 Å². The molecule has 2 aliphatic rings. The Kier molecular flexibility index (Phi) is 9.72. The van der Waals surface area contributed by atoms with Gasteiger partial charge >= 0.3 is 0 Å². The molecule has 1 saturated heterocycles. The molecule has 4 rings (SSSR count). The van der Waals surface area contributed by atoms with Gasteiger partial charge in [0.25, 0.3) is 0 Å². The summed E-state index contributed by atoms with van der Waals surface area (Å²) < 4.78 is 16.6. The third-order valence-corrected chi connectivity index (χ3v) is 5.70. The molecule has 172 valence electrons. The summed E-state index contributed by atoms with van der Waals surface area (Å²) in [7, 11) is 0. The lowest BCUT2D eigenvalue weighted by atomic mass is 10.1. The van der Waals surface area contributed by atoms with E-state index in [2.05, 4.69) is 41.8 Å². The van der Waals surface area contributed by atoms with Crippen LogP contribution in [0.4, 0.5) is 0 Å². The Balaban J connectivity index is 0.00000171. The van der Waals surface area contributed by atoms with Crippen molar-refractivity contribution in [3.8, 4) is 17.2 Å². The first-order chi connectivity index (χ1) is 14.1. The second-order valence-corrected chi connectivity index (χ2v) is 7.98. The van der Waals surface area contributed by atoms with Gasteiger partial charge in [-0.1, -0.05) is 12.1 Å². The van der Waals surface area contributed by atoms with Gasteiger partial charge < -0.3 is 19.3 Å². The van der Waals surface area contributed by atoms with E-state index < -0.39 is 6.10 Å². The van der Waals surface area contributed by atoms with Crippen molar-refractivity contribution in [3.63, 3.8) is 0 Å². The molecule has 1 atom stereocenters. The lowest BCUT2D eigenvalue weighted by Crippen LogP contribution is -2.48. The SMILES string of the molecule is Cc1ccc(OCC(O)CN2CCN(Cc3ccc4c(c3)OCO4)CC2)cc1C.Cl.Cl. The topological polar surface area (TPSA) is 54.4 Å². The van der Waals surface area contributed by atoms with Gasteiger partial charge in [-0.15, -0.1) is 24.8 Å². The maximum absolute atomic E-state index is 10.4. The van der Waals surface area contributed by atoms with Crippen LogP contribution in [0.25, 0.3) is 0 Å². The lowest BCUT2D eigenvalue weighted by molar-refractivity contribution is 0.0446. The Labute approximate surface area is 196 Å². The van der Waals surface area contributed by atoms with Gasteiger partial charge in [-0.2, -0.15) is 0 Å². The number of benzene rings is 2. The fourth-order valence-electron chi connectivity index (χ4n) is 3.77. The molecule has 6 nitrogen and oxygen atoms in total. The van der Waals surface area contributed by atoms with Crippen LogP contribution in [0, 0.1) is 13.8 Å². The van der Waals surface area contributed by atoms with E-state index in [0.717, 1.165) is 50.0 Å². The second kappa shape index (κ2) is 11.8. The Morgan fingerprint density at radius 3 is 2.35 bits per heavy atom. The predicted molar refractivity (Wildman–Crippen MR) is 126 cm³/mol. The fraction of sp³-hybridized carbons (Fsp3) is 0.478. The Morgan fingerprint density at radius 1 is 0.903 bits per heavy atom. The average Bonchev–Trinajstić information content (AvgIpc) is 3.18. The summed E-state index contributed by atoms with van der Waals surface area (Å²) in [5, 5.41) is 10.4. The third-order valence-electron chi connectivity index (χ3n) is 5.70. The summed E-state index contributed by atoms with van der Waals surface area (Å²) in [4.78, 5) is 4.75. The molecule has 31 heavy (non-hydrogen) atoms. The summed E-state index contributed by atoms with van der Waals surface area (Å²) in [6.07, 6.45) is -0.489. The zero-order chi connectivity index (χ0) is 20.2. The lowest BCUT2D eigenvalue weighted by Gasteiger charge is -2.35. The minimum Gasteiger partial charge on any atom is -0.491 e. The number of fused-ring (bicyclic) bond motifs is 1. The van der Waals surface area contributed by atoms with Gasteiger partial charge in [-0.05, 0) is 54.8 Å². The number of hydrogen-bond donors (Lipinski definition) is 1. The van der Waals surface area contributed by atoms with Gasteiger partial charge in [0.1, 0.15) is 18.5 Å². The minimum absolute atomic E-state index is 0. The number of aliphatic hydroxyl groups excluding tert-OH is 1. The largest absolute Gasteiger partial charge is 0.491 e. The number of rotatable bonds is 7. The van der Waals surface area contributed by atoms with Crippen molar-refractivity contribution < 1.29 is 19.3 Å². The summed E-state index contributed by atoms with van der Waals surface area (Å²) in [5.41, 5.74) is 3.69. The molecule has 0 aromatic heterocycles. The molecule has 2 aromatic carbocycles. The summed E-state index contributed by atoms with van der Waals surface area (Å²) in [5.74, 6) is 2.49. The van der Waals surface area contributed by atoms with Crippen LogP contribution in [0.1, 0.15) is 16.7 Å². The molecular weight excluding hydrogens is 439 g/mol. The number of aliphatic hydroxyl groups is 1. The molecule has 8 heteroatoms. The maximum Gasteiger partial charge on any atom is 0.231 e. The normalized spacial score (nSPS) is 16.9. The van der Waals surface area contributed by atoms with E-state index in [-0.39, 0.29) is 24.8 Å². The van der Waals surface area contributed by atoms with Crippen LogP contribution in [-0.4, -0.2) is 67.1 Å². The highest BCUT2D eigenvalue weighted by Gasteiger charge is 2.21. The highest BCUT2D eigenvalue weighted by atomic mass is 35.5. The highest BCUT2D eigenvalue weighted by Crippen LogP contribution is 2.32. The van der Waals surface area contributed by atoms with Gasteiger partial charge in [0.15, 0.2) is 11.5 Å². The number of hydrogen-bond acceptors (Lipinski definition) is 6. The number of ether oxygens (including phenoxy) is 3. The van der Waals surface area contributed by atoms with E-state index in [4.69, 9.17) is 14.2 Å². The molecule has 1 unspecified atom stereocenters. The van der Waals surface area contributed by atoms with Crippen LogP contribution in [0.2, 0.25) is 0 Å². The Hall–Kier alpha value is -1.70. The van der Waals surface area contributed by atoms with Crippen LogP contribution in [0.5, 0.6) is 17.2 Å². The van der Waals surface area contributed by atoms with Gasteiger partial charge in [0, 0.05) is 39.3 Å². The molecule has 2 heterocycles. The van der Waals surface area contributed by atoms with Crippen LogP contribution >= 0.6 is 24.8 Å². The van der Waals surface area contributed by atoms with Crippen molar-refractivity contribution in [2.24, 2.45) is 0 Å². The van der Waals surface area contributed by atoms with Gasteiger partial charge in [0.05, 0.1) is 0 Å². The van der Waals surface area contributed by atoms with E-state index in [1.807, 2.05) is 18.2 Å². The summed E-state index contributed by atoms with van der Waals surface area (Å²) in [6.45, 7) is 10.2. The standard InChI is InChI=1S/C23H30N2O4.2ClH/c1-17-3-5-21(11-18(17)2)27-15-20(26)14-25-9-7-24(8-10-25)13-19-4-6-22-23(12-19)29-16-28-22;;/h3-6,11-12,20,26H,7-10,13-16H2,1-2H3;2*1H. The molecule has 2 aliphatic heterocycles. The van der Waals surface area contributed by atoms with Crippen LogP contribution < -0.4 is 14.2 Å². The van der Waals surface area contributed by atoms with Crippen molar-refractivity contribution in [2.45, 2.75) is 26.5 Å². The van der Waals surface area contributed by atoms with Gasteiger partial charge in [-0.25, -0.2) is 0 Å². The van der Waals surface area contributed by atoms with Crippen LogP contribution in [0.15, 0.2) is 36.4 Å². The molecule has 0 saturated carbocycles. The first-order valence-corrected chi connectivity index (χ1v) is 10.3. The molecule has 0 spiro atoms. The minimum atomic E-state index is -0.489. The smallest absolute Gasteiger partial charge is 0.231 e. The third kappa shape index (κ3) is 6.89. The maximum atomic E-state index is 10.4. The number of halogens is 2. The molecule has 0 bridgehead atoms. The van der Waals surface area contributed by atoms with Crippen molar-refractivity contribution in [2.75, 3.05) is 46.1 Å². The van der Waals surface area contributed by atoms with Crippen LogP contribution in [-0.2, 0) is 6.54 Å². The molecule has 2 aromatic rings. The van der Waals surface area contributed by atoms with E-state index in [9.17, 15) is 5.11 Å². The van der Waals surface area contributed by atoms with Crippen molar-refractivity contribution in [1.82, 2.24) is 9.80 Å². The van der Waals surface area contributed by atoms with E-state index in [0.29, 0.717) is 19.9 Å². The zero-order valence-corrected chi connectivity index (χ0v) is 19.7. The molecule has 0 aliphatic carbocycles. The number of nitrogens with zero attached hydrogens (tertiary/aromatic N) is 2. The first kappa shape index (κ1) is 25.6. The van der Waals surface area contributed by atoms with E-state index in [1.165, 1.54) is 16.7 Å². The van der Waals surface area contributed by atoms with Crippen LogP contribution in [0.3, 0.4) is 0 Å². The Morgan fingerprint density at radius 2 is 1.61 bits per heavy atom. The number of piperazine rings is 1. The monoisotopic (exact) mass is 470 g/mol. The zero-order valence-electron chi connectivity index (χ0n) is 18.1. The molecule has 0 radical (unpaired) electrons. The number of β-amino-alcohol motifs (C(OH)–C–C–N with tert-alkyl or cyclic N) is 1. The van der Waals surface area contributed by atoms with Crippen molar-refractivity contribution in [3.05, 3.63) is 53.1 Å². The first-order valence-electron chi connectivity index (χ1n) is 10.3. The summed E-state index contributed by atoms with van der Waals surface area (Å²) >= 11 is 0. The molecule has 1 N–H and O–H groups in total. The predicted octanol–water partition coefficient (Wildman–Crippen LogP) is 3.43. The molecular formula is C23H32Cl2N2O4. The van der Waals surface area contributed by atoms with E-state index >= 15 is 0 Å². The Bertz CT molecular complexity index is 844. The van der Waals surface area contributed by atoms with E-state index in [1.54, 1.807) is 0 Å². The fourth-order valence-corrected chi connectivity index (χ4v) is 3.77. The number of aryl methyl sites for hydroxylation is 2.